The van der Waals surface area contributed by atoms with Gasteiger partial charge in [0.2, 0.25) is 10.0 Å². The van der Waals surface area contributed by atoms with Gasteiger partial charge < -0.3 is 9.67 Å². The number of aryl methyl sites for hydroxylation is 1. The summed E-state index contributed by atoms with van der Waals surface area (Å²) in [6.07, 6.45) is 3.89. The maximum absolute atomic E-state index is 12.1. The van der Waals surface area contributed by atoms with Gasteiger partial charge in [0.15, 0.2) is 0 Å². The van der Waals surface area contributed by atoms with Crippen molar-refractivity contribution in [1.82, 2.24) is 14.3 Å². The molecule has 0 amide bonds. The van der Waals surface area contributed by atoms with Crippen molar-refractivity contribution in [2.45, 2.75) is 17.9 Å². The predicted octanol–water partition coefficient (Wildman–Crippen LogP) is 0.433. The lowest BCUT2D eigenvalue weighted by molar-refractivity contribution is 0.299. The Morgan fingerprint density at radius 1 is 1.30 bits per heavy atom. The maximum atomic E-state index is 12.1. The molecule has 0 radical (unpaired) electrons. The van der Waals surface area contributed by atoms with Gasteiger partial charge in [-0.25, -0.2) is 18.1 Å². The molecule has 0 atom stereocenters. The number of nitrogens with one attached hydrogen (secondary N) is 1. The summed E-state index contributed by atoms with van der Waals surface area (Å²) in [6.45, 7) is 0.188. The number of hydrogen-bond donors (Lipinski definition) is 2. The van der Waals surface area contributed by atoms with Crippen LogP contribution in [-0.4, -0.2) is 29.7 Å². The summed E-state index contributed by atoms with van der Waals surface area (Å²) < 4.78 is 28.5. The number of nitrogens with zero attached hydrogens (tertiary/aromatic N) is 2. The maximum Gasteiger partial charge on any atom is 0.240 e. The van der Waals surface area contributed by atoms with Crippen molar-refractivity contribution in [3.8, 4) is 0 Å². The predicted molar refractivity (Wildman–Crippen MR) is 74.5 cm³/mol. The molecular formula is C13H17N3O3S. The van der Waals surface area contributed by atoms with E-state index in [-0.39, 0.29) is 18.0 Å². The summed E-state index contributed by atoms with van der Waals surface area (Å²) in [6, 6.07) is 6.47. The molecular weight excluding hydrogens is 278 g/mol. The zero-order chi connectivity index (χ0) is 14.6. The van der Waals surface area contributed by atoms with Crippen LogP contribution >= 0.6 is 0 Å². The molecule has 1 aromatic carbocycles. The highest BCUT2D eigenvalue weighted by molar-refractivity contribution is 7.89. The molecule has 2 rings (SSSR count). The quantitative estimate of drug-likeness (QED) is 0.809. The minimum atomic E-state index is -3.55. The molecule has 7 heteroatoms. The smallest absolute Gasteiger partial charge is 0.240 e. The Bertz CT molecular complexity index is 662. The van der Waals surface area contributed by atoms with E-state index in [4.69, 9.17) is 5.11 Å². The fourth-order valence-corrected chi connectivity index (χ4v) is 2.75. The first-order chi connectivity index (χ1) is 9.53. The van der Waals surface area contributed by atoms with Gasteiger partial charge in [0, 0.05) is 26.0 Å². The van der Waals surface area contributed by atoms with E-state index in [1.807, 2.05) is 0 Å². The van der Waals surface area contributed by atoms with Crippen LogP contribution in [0.4, 0.5) is 0 Å². The molecule has 0 saturated carbocycles. The Kier molecular flexibility index (Phi) is 4.53. The van der Waals surface area contributed by atoms with E-state index in [0.29, 0.717) is 12.2 Å². The van der Waals surface area contributed by atoms with E-state index in [0.717, 1.165) is 5.56 Å². The molecule has 20 heavy (non-hydrogen) atoms. The second-order valence-electron chi connectivity index (χ2n) is 4.40. The van der Waals surface area contributed by atoms with Crippen molar-refractivity contribution in [3.63, 3.8) is 0 Å². The second-order valence-corrected chi connectivity index (χ2v) is 6.16. The van der Waals surface area contributed by atoms with Crippen LogP contribution in [0, 0.1) is 0 Å². The summed E-state index contributed by atoms with van der Waals surface area (Å²) in [4.78, 5) is 4.26. The van der Waals surface area contributed by atoms with Crippen molar-refractivity contribution in [2.24, 2.45) is 7.05 Å². The van der Waals surface area contributed by atoms with Gasteiger partial charge in [0.1, 0.15) is 5.82 Å². The number of aromatic nitrogens is 2. The molecule has 1 aromatic heterocycles. The van der Waals surface area contributed by atoms with Crippen molar-refractivity contribution >= 4 is 10.0 Å². The average molecular weight is 295 g/mol. The Balaban J connectivity index is 2.08. The second kappa shape index (κ2) is 6.17. The minimum absolute atomic E-state index is 0.0451. The van der Waals surface area contributed by atoms with Gasteiger partial charge in [-0.15, -0.1) is 0 Å². The Hall–Kier alpha value is -1.70. The van der Waals surface area contributed by atoms with Crippen LogP contribution in [0.5, 0.6) is 0 Å². The number of hydrogen-bond acceptors (Lipinski definition) is 4. The Labute approximate surface area is 118 Å². The zero-order valence-electron chi connectivity index (χ0n) is 11.2. The molecule has 0 spiro atoms. The molecule has 0 aliphatic heterocycles. The lowest BCUT2D eigenvalue weighted by Gasteiger charge is -2.07. The molecule has 0 aliphatic rings. The molecule has 0 saturated heterocycles. The van der Waals surface area contributed by atoms with Crippen molar-refractivity contribution < 1.29 is 13.5 Å². The van der Waals surface area contributed by atoms with E-state index in [1.165, 1.54) is 12.1 Å². The highest BCUT2D eigenvalue weighted by atomic mass is 32.2. The Morgan fingerprint density at radius 3 is 2.55 bits per heavy atom. The van der Waals surface area contributed by atoms with Crippen LogP contribution in [0.2, 0.25) is 0 Å². The summed E-state index contributed by atoms with van der Waals surface area (Å²) in [5, 5.41) is 8.82. The SMILES string of the molecule is Cn1ccnc1CNS(=O)(=O)c1ccc(CCO)cc1. The first-order valence-electron chi connectivity index (χ1n) is 6.18. The van der Waals surface area contributed by atoms with Gasteiger partial charge in [-0.1, -0.05) is 12.1 Å². The summed E-state index contributed by atoms with van der Waals surface area (Å²) in [7, 11) is -1.74. The van der Waals surface area contributed by atoms with Crippen molar-refractivity contribution in [2.75, 3.05) is 6.61 Å². The third-order valence-corrected chi connectivity index (χ3v) is 4.39. The molecule has 0 unspecified atom stereocenters. The van der Waals surface area contributed by atoms with E-state index < -0.39 is 10.0 Å². The summed E-state index contributed by atoms with van der Waals surface area (Å²) in [5.74, 6) is 0.644. The van der Waals surface area contributed by atoms with Crippen LogP contribution in [-0.2, 0) is 30.0 Å². The average Bonchev–Trinajstić information content (AvgIpc) is 2.83. The molecule has 1 heterocycles. The largest absolute Gasteiger partial charge is 0.396 e. The van der Waals surface area contributed by atoms with E-state index in [1.54, 1.807) is 36.1 Å². The normalized spacial score (nSPS) is 11.7. The lowest BCUT2D eigenvalue weighted by atomic mass is 10.2. The number of sulfonamides is 1. The van der Waals surface area contributed by atoms with Gasteiger partial charge in [0.25, 0.3) is 0 Å². The number of aliphatic hydroxyl groups excluding tert-OH is 1. The highest BCUT2D eigenvalue weighted by Crippen LogP contribution is 2.11. The third-order valence-electron chi connectivity index (χ3n) is 2.98. The number of benzene rings is 1. The third kappa shape index (κ3) is 3.44. The molecule has 108 valence electrons. The number of rotatable bonds is 6. The highest BCUT2D eigenvalue weighted by Gasteiger charge is 2.14. The molecule has 0 bridgehead atoms. The molecule has 2 N–H and O–H groups in total. The van der Waals surface area contributed by atoms with Gasteiger partial charge in [0.05, 0.1) is 11.4 Å². The van der Waals surface area contributed by atoms with E-state index >= 15 is 0 Å². The van der Waals surface area contributed by atoms with Gasteiger partial charge in [-0.2, -0.15) is 0 Å². The van der Waals surface area contributed by atoms with E-state index in [9.17, 15) is 8.42 Å². The van der Waals surface area contributed by atoms with Crippen LogP contribution in [0.3, 0.4) is 0 Å². The molecule has 0 fully saturated rings. The molecule has 2 aromatic rings. The summed E-state index contributed by atoms with van der Waals surface area (Å²) >= 11 is 0. The van der Waals surface area contributed by atoms with E-state index in [2.05, 4.69) is 9.71 Å². The fourth-order valence-electron chi connectivity index (χ4n) is 1.77. The van der Waals surface area contributed by atoms with Crippen LogP contribution < -0.4 is 4.72 Å². The van der Waals surface area contributed by atoms with Crippen LogP contribution in [0.15, 0.2) is 41.6 Å². The fraction of sp³-hybridized carbons (Fsp3) is 0.308. The lowest BCUT2D eigenvalue weighted by Crippen LogP contribution is -2.24. The van der Waals surface area contributed by atoms with Gasteiger partial charge in [-0.05, 0) is 24.1 Å². The van der Waals surface area contributed by atoms with Crippen LogP contribution in [0.1, 0.15) is 11.4 Å². The van der Waals surface area contributed by atoms with Gasteiger partial charge >= 0.3 is 0 Å². The summed E-state index contributed by atoms with van der Waals surface area (Å²) in [5.41, 5.74) is 0.899. The van der Waals surface area contributed by atoms with Crippen molar-refractivity contribution in [1.29, 1.82) is 0 Å². The number of imidazole rings is 1. The topological polar surface area (TPSA) is 84.2 Å². The first-order valence-corrected chi connectivity index (χ1v) is 7.67. The Morgan fingerprint density at radius 2 is 2.00 bits per heavy atom. The van der Waals surface area contributed by atoms with Crippen molar-refractivity contribution in [3.05, 3.63) is 48.0 Å². The monoisotopic (exact) mass is 295 g/mol. The standard InChI is InChI=1S/C13H17N3O3S/c1-16-8-7-14-13(16)10-15-20(18,19)12-4-2-11(3-5-12)6-9-17/h2-5,7-8,15,17H,6,9-10H2,1H3. The molecule has 0 aliphatic carbocycles. The molecule has 6 nitrogen and oxygen atoms in total. The minimum Gasteiger partial charge on any atom is -0.396 e. The number of aliphatic hydroxyl groups is 1. The first kappa shape index (κ1) is 14.7. The van der Waals surface area contributed by atoms with Gasteiger partial charge in [-0.3, -0.25) is 0 Å². The zero-order valence-corrected chi connectivity index (χ0v) is 12.0. The van der Waals surface area contributed by atoms with Crippen LogP contribution in [0.25, 0.3) is 0 Å².